The number of rotatable bonds is 8. The molecule has 4 nitrogen and oxygen atoms in total. The smallest absolute Gasteiger partial charge is 0.305 e. The Bertz CT molecular complexity index is 297. The molecule has 0 aromatic heterocycles. The lowest BCUT2D eigenvalue weighted by Gasteiger charge is -2.21. The fourth-order valence-corrected chi connectivity index (χ4v) is 4.76. The molecule has 2 rings (SSSR count). The molecule has 0 aliphatic carbocycles. The van der Waals surface area contributed by atoms with Gasteiger partial charge in [0.2, 0.25) is 0 Å². The third-order valence-corrected chi connectivity index (χ3v) is 6.26. The van der Waals surface area contributed by atoms with Gasteiger partial charge < -0.3 is 9.47 Å². The average molecular weight is 332 g/mol. The summed E-state index contributed by atoms with van der Waals surface area (Å²) in [5.41, 5.74) is 0. The van der Waals surface area contributed by atoms with Crippen LogP contribution in [-0.2, 0) is 19.1 Å². The fourth-order valence-electron chi connectivity index (χ4n) is 2.43. The van der Waals surface area contributed by atoms with Gasteiger partial charge in [-0.05, 0) is 48.9 Å². The van der Waals surface area contributed by atoms with Gasteiger partial charge in [-0.1, -0.05) is 0 Å². The molecule has 6 heteroatoms. The lowest BCUT2D eigenvalue weighted by Crippen LogP contribution is -2.23. The Labute approximate surface area is 135 Å². The second-order valence-corrected chi connectivity index (χ2v) is 8.19. The molecule has 0 N–H and O–H groups in total. The van der Waals surface area contributed by atoms with Crippen LogP contribution in [0.25, 0.3) is 0 Å². The predicted molar refractivity (Wildman–Crippen MR) is 86.7 cm³/mol. The van der Waals surface area contributed by atoms with Crippen molar-refractivity contribution in [3.05, 3.63) is 0 Å². The van der Waals surface area contributed by atoms with Crippen LogP contribution in [-0.4, -0.2) is 47.7 Å². The van der Waals surface area contributed by atoms with E-state index in [-0.39, 0.29) is 11.9 Å². The fraction of sp³-hybridized carbons (Fsp3) is 0.867. The number of hydrogen-bond acceptors (Lipinski definition) is 6. The van der Waals surface area contributed by atoms with E-state index < -0.39 is 0 Å². The van der Waals surface area contributed by atoms with Crippen molar-refractivity contribution >= 4 is 35.5 Å². The summed E-state index contributed by atoms with van der Waals surface area (Å²) < 4.78 is 10.1. The Morgan fingerprint density at radius 3 is 2.38 bits per heavy atom. The number of ether oxygens (including phenoxy) is 2. The van der Waals surface area contributed by atoms with Gasteiger partial charge in [0.15, 0.2) is 0 Å². The van der Waals surface area contributed by atoms with E-state index >= 15 is 0 Å². The van der Waals surface area contributed by atoms with Gasteiger partial charge in [-0.15, -0.1) is 0 Å². The van der Waals surface area contributed by atoms with Crippen molar-refractivity contribution in [2.24, 2.45) is 5.92 Å². The van der Waals surface area contributed by atoms with E-state index in [0.29, 0.717) is 37.2 Å². The van der Waals surface area contributed by atoms with Crippen molar-refractivity contribution in [1.82, 2.24) is 0 Å². The maximum Gasteiger partial charge on any atom is 0.305 e. The molecule has 0 spiro atoms. The summed E-state index contributed by atoms with van der Waals surface area (Å²) in [5.74, 6) is 3.98. The molecule has 2 aliphatic rings. The molecule has 0 saturated carbocycles. The molecule has 2 unspecified atom stereocenters. The van der Waals surface area contributed by atoms with Crippen molar-refractivity contribution in [2.75, 3.05) is 30.5 Å². The lowest BCUT2D eigenvalue weighted by atomic mass is 9.99. The molecule has 21 heavy (non-hydrogen) atoms. The molecule has 2 heterocycles. The van der Waals surface area contributed by atoms with Crippen LogP contribution in [0.2, 0.25) is 0 Å². The van der Waals surface area contributed by atoms with E-state index in [1.54, 1.807) is 0 Å². The highest BCUT2D eigenvalue weighted by molar-refractivity contribution is 8.00. The largest absolute Gasteiger partial charge is 0.465 e. The minimum Gasteiger partial charge on any atom is -0.465 e. The SMILES string of the molecule is O=C1CCC(CCSCCCSC2CCC(=O)OC2)CO1. The molecule has 0 aromatic carbocycles. The molecule has 0 bridgehead atoms. The number of thioether (sulfide) groups is 2. The molecule has 2 aliphatic heterocycles. The molecule has 0 radical (unpaired) electrons. The Balaban J connectivity index is 1.38. The monoisotopic (exact) mass is 332 g/mol. The first-order valence-electron chi connectivity index (χ1n) is 7.74. The van der Waals surface area contributed by atoms with Gasteiger partial charge in [0, 0.05) is 18.1 Å². The third-order valence-electron chi connectivity index (χ3n) is 3.79. The number of cyclic esters (lactones) is 2. The first-order chi connectivity index (χ1) is 10.2. The Morgan fingerprint density at radius 2 is 1.71 bits per heavy atom. The molecular weight excluding hydrogens is 308 g/mol. The molecule has 0 amide bonds. The molecule has 2 saturated heterocycles. The zero-order valence-corrected chi connectivity index (χ0v) is 14.0. The van der Waals surface area contributed by atoms with Crippen molar-refractivity contribution in [3.63, 3.8) is 0 Å². The number of carbonyl (C=O) groups excluding carboxylic acids is 2. The quantitative estimate of drug-likeness (QED) is 0.503. The maximum atomic E-state index is 10.9. The van der Waals surface area contributed by atoms with Gasteiger partial charge in [0.05, 0.1) is 6.61 Å². The van der Waals surface area contributed by atoms with Crippen LogP contribution in [0.5, 0.6) is 0 Å². The van der Waals surface area contributed by atoms with Crippen LogP contribution < -0.4 is 0 Å². The summed E-state index contributed by atoms with van der Waals surface area (Å²) in [7, 11) is 0. The van der Waals surface area contributed by atoms with Crippen LogP contribution in [0.3, 0.4) is 0 Å². The molecule has 2 atom stereocenters. The van der Waals surface area contributed by atoms with Gasteiger partial charge in [0.25, 0.3) is 0 Å². The number of hydrogen-bond donors (Lipinski definition) is 0. The van der Waals surface area contributed by atoms with Crippen molar-refractivity contribution < 1.29 is 19.1 Å². The topological polar surface area (TPSA) is 52.6 Å². The predicted octanol–water partition coefficient (Wildman–Crippen LogP) is 2.89. The van der Waals surface area contributed by atoms with Gasteiger partial charge in [0.1, 0.15) is 6.61 Å². The Hall–Kier alpha value is -0.360. The Morgan fingerprint density at radius 1 is 0.952 bits per heavy atom. The minimum atomic E-state index is -0.0456. The normalized spacial score (nSPS) is 26.3. The van der Waals surface area contributed by atoms with Crippen LogP contribution in [0.1, 0.15) is 38.5 Å². The van der Waals surface area contributed by atoms with Crippen LogP contribution in [0, 0.1) is 5.92 Å². The maximum absolute atomic E-state index is 10.9. The highest BCUT2D eigenvalue weighted by atomic mass is 32.2. The van der Waals surface area contributed by atoms with Crippen molar-refractivity contribution in [1.29, 1.82) is 0 Å². The van der Waals surface area contributed by atoms with E-state index in [1.165, 1.54) is 12.2 Å². The van der Waals surface area contributed by atoms with E-state index in [0.717, 1.165) is 30.8 Å². The lowest BCUT2D eigenvalue weighted by molar-refractivity contribution is -0.149. The highest BCUT2D eigenvalue weighted by Crippen LogP contribution is 2.23. The van der Waals surface area contributed by atoms with E-state index in [4.69, 9.17) is 9.47 Å². The molecule has 2 fully saturated rings. The van der Waals surface area contributed by atoms with Crippen LogP contribution >= 0.6 is 23.5 Å². The van der Waals surface area contributed by atoms with Crippen molar-refractivity contribution in [3.8, 4) is 0 Å². The van der Waals surface area contributed by atoms with Gasteiger partial charge in [-0.3, -0.25) is 9.59 Å². The first-order valence-corrected chi connectivity index (χ1v) is 9.95. The average Bonchev–Trinajstić information content (AvgIpc) is 2.50. The Kier molecular flexibility index (Phi) is 7.78. The summed E-state index contributed by atoms with van der Waals surface area (Å²) in [5, 5.41) is 0.504. The second kappa shape index (κ2) is 9.62. The zero-order valence-electron chi connectivity index (χ0n) is 12.4. The van der Waals surface area contributed by atoms with Crippen molar-refractivity contribution in [2.45, 2.75) is 43.8 Å². The van der Waals surface area contributed by atoms with Crippen LogP contribution in [0.15, 0.2) is 0 Å². The third kappa shape index (κ3) is 6.96. The standard InChI is InChI=1S/C15H24O4S2/c16-14-4-2-12(10-18-14)6-9-20-7-1-8-21-13-3-5-15(17)19-11-13/h12-13H,1-11H2. The van der Waals surface area contributed by atoms with Gasteiger partial charge in [-0.2, -0.15) is 23.5 Å². The molecule has 0 aromatic rings. The summed E-state index contributed by atoms with van der Waals surface area (Å²) in [6, 6.07) is 0. The van der Waals surface area contributed by atoms with Gasteiger partial charge >= 0.3 is 11.9 Å². The second-order valence-electron chi connectivity index (χ2n) is 5.56. The molecular formula is C15H24O4S2. The summed E-state index contributed by atoms with van der Waals surface area (Å²) >= 11 is 3.93. The van der Waals surface area contributed by atoms with E-state index in [9.17, 15) is 9.59 Å². The minimum absolute atomic E-state index is 0.0377. The highest BCUT2D eigenvalue weighted by Gasteiger charge is 2.20. The van der Waals surface area contributed by atoms with Crippen LogP contribution in [0.4, 0.5) is 0 Å². The first kappa shape index (κ1) is 17.0. The van der Waals surface area contributed by atoms with Gasteiger partial charge in [-0.25, -0.2) is 0 Å². The summed E-state index contributed by atoms with van der Waals surface area (Å²) in [6.45, 7) is 1.21. The van der Waals surface area contributed by atoms with E-state index in [1.807, 2.05) is 23.5 Å². The zero-order chi connectivity index (χ0) is 14.9. The summed E-state index contributed by atoms with van der Waals surface area (Å²) in [4.78, 5) is 21.9. The number of esters is 2. The van der Waals surface area contributed by atoms with E-state index in [2.05, 4.69) is 0 Å². The number of carbonyl (C=O) groups is 2. The summed E-state index contributed by atoms with van der Waals surface area (Å²) in [6.07, 6.45) is 5.51. The molecule has 120 valence electrons.